The molecule has 1 aromatic rings. The van der Waals surface area contributed by atoms with E-state index in [4.69, 9.17) is 4.42 Å². The van der Waals surface area contributed by atoms with Crippen LogP contribution in [0.4, 0.5) is 0 Å². The Kier molecular flexibility index (Phi) is 4.50. The molecule has 0 saturated heterocycles. The molecule has 1 rings (SSSR count). The summed E-state index contributed by atoms with van der Waals surface area (Å²) in [6, 6.07) is 0. The lowest BCUT2D eigenvalue weighted by atomic mass is 10.2. The molecule has 3 nitrogen and oxygen atoms in total. The Morgan fingerprint density at radius 1 is 1.18 bits per heavy atom. The Bertz CT molecular complexity index is 194. The largest absolute Gasteiger partial charge is 0.425 e. The van der Waals surface area contributed by atoms with Crippen LogP contribution in [0.5, 0.6) is 0 Å². The fraction of sp³-hybridized carbons (Fsp3) is 0.750. The predicted molar refractivity (Wildman–Crippen MR) is 44.5 cm³/mol. The van der Waals surface area contributed by atoms with Crippen molar-refractivity contribution in [3.63, 3.8) is 0 Å². The minimum absolute atomic E-state index is 0.339. The molecule has 0 saturated carbocycles. The van der Waals surface area contributed by atoms with Gasteiger partial charge in [-0.3, -0.25) is 0 Å². The van der Waals surface area contributed by atoms with Crippen LogP contribution in [0.1, 0.15) is 45.4 Å². The second kappa shape index (κ2) is 4.88. The first-order valence-electron chi connectivity index (χ1n) is 4.00. The molecule has 0 aliphatic carbocycles. The topological polar surface area (TPSA) is 38.9 Å². The molecule has 1 heterocycles. The standard InChI is InChI=1S/C6H10N2O.C2H6/c1-4(2)6-8-7-5(3)9-6;1-2/h4H,1-3H3;1-2H3. The SMILES string of the molecule is CC.Cc1nnc(C(C)C)o1. The molecule has 0 aromatic carbocycles. The summed E-state index contributed by atoms with van der Waals surface area (Å²) in [5.41, 5.74) is 0. The first-order chi connectivity index (χ1) is 5.20. The number of aryl methyl sites for hydroxylation is 1. The normalized spacial score (nSPS) is 9.27. The van der Waals surface area contributed by atoms with Gasteiger partial charge in [-0.05, 0) is 0 Å². The molecule has 0 spiro atoms. The molecule has 0 atom stereocenters. The summed E-state index contributed by atoms with van der Waals surface area (Å²) < 4.78 is 5.12. The Hall–Kier alpha value is -0.860. The maximum Gasteiger partial charge on any atom is 0.219 e. The zero-order valence-electron chi connectivity index (χ0n) is 7.88. The van der Waals surface area contributed by atoms with E-state index in [0.29, 0.717) is 17.7 Å². The molecule has 0 unspecified atom stereocenters. The zero-order chi connectivity index (χ0) is 8.85. The van der Waals surface area contributed by atoms with Gasteiger partial charge in [0.15, 0.2) is 0 Å². The summed E-state index contributed by atoms with van der Waals surface area (Å²) >= 11 is 0. The smallest absolute Gasteiger partial charge is 0.219 e. The molecule has 1 aromatic heterocycles. The molecule has 0 bridgehead atoms. The van der Waals surface area contributed by atoms with E-state index in [1.165, 1.54) is 0 Å². The van der Waals surface area contributed by atoms with Crippen LogP contribution in [0.15, 0.2) is 4.42 Å². The Morgan fingerprint density at radius 2 is 1.73 bits per heavy atom. The van der Waals surface area contributed by atoms with Gasteiger partial charge in [0.1, 0.15) is 0 Å². The van der Waals surface area contributed by atoms with Crippen molar-refractivity contribution >= 4 is 0 Å². The van der Waals surface area contributed by atoms with Gasteiger partial charge in [-0.15, -0.1) is 10.2 Å². The number of aromatic nitrogens is 2. The minimum Gasteiger partial charge on any atom is -0.425 e. The summed E-state index contributed by atoms with van der Waals surface area (Å²) in [7, 11) is 0. The first-order valence-corrected chi connectivity index (χ1v) is 4.00. The van der Waals surface area contributed by atoms with Crippen LogP contribution in [-0.4, -0.2) is 10.2 Å². The summed E-state index contributed by atoms with van der Waals surface area (Å²) in [6.07, 6.45) is 0. The summed E-state index contributed by atoms with van der Waals surface area (Å²) in [5, 5.41) is 7.52. The van der Waals surface area contributed by atoms with Gasteiger partial charge in [-0.2, -0.15) is 0 Å². The molecule has 64 valence electrons. The highest BCUT2D eigenvalue weighted by Crippen LogP contribution is 2.10. The van der Waals surface area contributed by atoms with Crippen molar-refractivity contribution < 1.29 is 4.42 Å². The van der Waals surface area contributed by atoms with E-state index >= 15 is 0 Å². The molecular weight excluding hydrogens is 140 g/mol. The number of nitrogens with zero attached hydrogens (tertiary/aromatic N) is 2. The highest BCUT2D eigenvalue weighted by atomic mass is 16.4. The lowest BCUT2D eigenvalue weighted by molar-refractivity contribution is 0.448. The lowest BCUT2D eigenvalue weighted by Gasteiger charge is -1.92. The minimum atomic E-state index is 0.339. The first kappa shape index (κ1) is 10.1. The lowest BCUT2D eigenvalue weighted by Crippen LogP contribution is -1.85. The molecule has 0 N–H and O–H groups in total. The van der Waals surface area contributed by atoms with Gasteiger partial charge in [0.2, 0.25) is 11.8 Å². The Labute approximate surface area is 67.8 Å². The number of hydrogen-bond acceptors (Lipinski definition) is 3. The van der Waals surface area contributed by atoms with E-state index < -0.39 is 0 Å². The predicted octanol–water partition coefficient (Wildman–Crippen LogP) is 2.53. The van der Waals surface area contributed by atoms with Crippen LogP contribution < -0.4 is 0 Å². The van der Waals surface area contributed by atoms with Gasteiger partial charge in [-0.25, -0.2) is 0 Å². The van der Waals surface area contributed by atoms with Crippen molar-refractivity contribution in [2.45, 2.75) is 40.5 Å². The second-order valence-electron chi connectivity index (χ2n) is 2.31. The van der Waals surface area contributed by atoms with Crippen molar-refractivity contribution in [3.05, 3.63) is 11.8 Å². The molecule has 0 radical (unpaired) electrons. The van der Waals surface area contributed by atoms with Crippen LogP contribution in [0.3, 0.4) is 0 Å². The average Bonchev–Trinajstić information content (AvgIpc) is 2.40. The van der Waals surface area contributed by atoms with Crippen molar-refractivity contribution in [2.75, 3.05) is 0 Å². The quantitative estimate of drug-likeness (QED) is 0.627. The van der Waals surface area contributed by atoms with Gasteiger partial charge in [0.25, 0.3) is 0 Å². The van der Waals surface area contributed by atoms with Gasteiger partial charge < -0.3 is 4.42 Å². The Balaban J connectivity index is 0.000000461. The third-order valence-corrected chi connectivity index (χ3v) is 1.04. The summed E-state index contributed by atoms with van der Waals surface area (Å²) in [5.74, 6) is 1.69. The van der Waals surface area contributed by atoms with Crippen LogP contribution in [0.25, 0.3) is 0 Å². The van der Waals surface area contributed by atoms with Gasteiger partial charge in [0.05, 0.1) is 0 Å². The van der Waals surface area contributed by atoms with E-state index in [1.807, 2.05) is 27.7 Å². The van der Waals surface area contributed by atoms with Crippen LogP contribution >= 0.6 is 0 Å². The molecule has 0 amide bonds. The van der Waals surface area contributed by atoms with Gasteiger partial charge >= 0.3 is 0 Å². The maximum atomic E-state index is 5.12. The van der Waals surface area contributed by atoms with E-state index in [2.05, 4.69) is 10.2 Å². The molecule has 11 heavy (non-hydrogen) atoms. The maximum absolute atomic E-state index is 5.12. The molecule has 0 aliphatic heterocycles. The van der Waals surface area contributed by atoms with Gasteiger partial charge in [-0.1, -0.05) is 27.7 Å². The van der Waals surface area contributed by atoms with Crippen LogP contribution in [0.2, 0.25) is 0 Å². The van der Waals surface area contributed by atoms with E-state index in [9.17, 15) is 0 Å². The van der Waals surface area contributed by atoms with Crippen LogP contribution in [0, 0.1) is 6.92 Å². The molecule has 0 aliphatic rings. The zero-order valence-corrected chi connectivity index (χ0v) is 7.88. The fourth-order valence-electron chi connectivity index (χ4n) is 0.545. The number of rotatable bonds is 1. The van der Waals surface area contributed by atoms with E-state index in [1.54, 1.807) is 6.92 Å². The van der Waals surface area contributed by atoms with Crippen molar-refractivity contribution in [3.8, 4) is 0 Å². The molecular formula is C8H16N2O. The summed E-state index contributed by atoms with van der Waals surface area (Å²) in [4.78, 5) is 0. The number of hydrogen-bond donors (Lipinski definition) is 0. The monoisotopic (exact) mass is 156 g/mol. The van der Waals surface area contributed by atoms with Crippen molar-refractivity contribution in [1.29, 1.82) is 0 Å². The third kappa shape index (κ3) is 3.16. The molecule has 0 fully saturated rings. The summed E-state index contributed by atoms with van der Waals surface area (Å²) in [6.45, 7) is 9.83. The van der Waals surface area contributed by atoms with Crippen molar-refractivity contribution in [1.82, 2.24) is 10.2 Å². The second-order valence-corrected chi connectivity index (χ2v) is 2.31. The third-order valence-electron chi connectivity index (χ3n) is 1.04. The Morgan fingerprint density at radius 3 is 1.91 bits per heavy atom. The van der Waals surface area contributed by atoms with E-state index in [0.717, 1.165) is 0 Å². The fourth-order valence-corrected chi connectivity index (χ4v) is 0.545. The highest BCUT2D eigenvalue weighted by Gasteiger charge is 2.04. The molecule has 3 heteroatoms. The van der Waals surface area contributed by atoms with Crippen molar-refractivity contribution in [2.24, 2.45) is 0 Å². The van der Waals surface area contributed by atoms with E-state index in [-0.39, 0.29) is 0 Å². The highest BCUT2D eigenvalue weighted by molar-refractivity contribution is 4.84. The van der Waals surface area contributed by atoms with Crippen LogP contribution in [-0.2, 0) is 0 Å². The van der Waals surface area contributed by atoms with Gasteiger partial charge in [0, 0.05) is 12.8 Å². The average molecular weight is 156 g/mol.